The molecule has 2 heterocycles. The summed E-state index contributed by atoms with van der Waals surface area (Å²) in [6, 6.07) is 4.38. The van der Waals surface area contributed by atoms with Crippen LogP contribution in [0.3, 0.4) is 0 Å². The van der Waals surface area contributed by atoms with Gasteiger partial charge in [0.15, 0.2) is 0 Å². The Morgan fingerprint density at radius 1 is 1.58 bits per heavy atom. The maximum absolute atomic E-state index is 11.6. The summed E-state index contributed by atoms with van der Waals surface area (Å²) in [6.45, 7) is 0. The average molecular weight is 326 g/mol. The first kappa shape index (κ1) is 13.2. The summed E-state index contributed by atoms with van der Waals surface area (Å²) in [7, 11) is 1.24. The Labute approximate surface area is 116 Å². The summed E-state index contributed by atoms with van der Waals surface area (Å²) < 4.78 is 6.33. The molecule has 0 aliphatic rings. The lowest BCUT2D eigenvalue weighted by molar-refractivity contribution is -0.384. The van der Waals surface area contributed by atoms with Crippen molar-refractivity contribution in [3.05, 3.63) is 51.0 Å². The maximum Gasteiger partial charge on any atom is 0.355 e. The van der Waals surface area contributed by atoms with Crippen LogP contribution in [0.2, 0.25) is 0 Å². The fraction of sp³-hybridized carbons (Fsp3) is 0.0909. The van der Waals surface area contributed by atoms with Crippen molar-refractivity contribution in [3.8, 4) is 5.69 Å². The van der Waals surface area contributed by atoms with Gasteiger partial charge in [-0.15, -0.1) is 0 Å². The molecule has 0 N–H and O–H groups in total. The van der Waals surface area contributed by atoms with Crippen molar-refractivity contribution in [2.75, 3.05) is 7.11 Å². The van der Waals surface area contributed by atoms with Crippen LogP contribution in [-0.2, 0) is 4.74 Å². The van der Waals surface area contributed by atoms with E-state index in [1.807, 2.05) is 0 Å². The van der Waals surface area contributed by atoms with E-state index >= 15 is 0 Å². The first-order valence-corrected chi connectivity index (χ1v) is 5.90. The van der Waals surface area contributed by atoms with Crippen molar-refractivity contribution in [2.45, 2.75) is 0 Å². The number of pyridine rings is 1. The third-order valence-electron chi connectivity index (χ3n) is 2.43. The number of esters is 1. The SMILES string of the molecule is COC(=O)c1cccn1-c1cnc(Br)cc1[N+](=O)[O-]. The topological polar surface area (TPSA) is 87.3 Å². The fourth-order valence-electron chi connectivity index (χ4n) is 1.61. The highest BCUT2D eigenvalue weighted by Gasteiger charge is 2.21. The van der Waals surface area contributed by atoms with Crippen molar-refractivity contribution >= 4 is 27.6 Å². The predicted octanol–water partition coefficient (Wildman–Crippen LogP) is 2.33. The molecule has 0 aliphatic carbocycles. The van der Waals surface area contributed by atoms with Gasteiger partial charge in [-0.1, -0.05) is 0 Å². The summed E-state index contributed by atoms with van der Waals surface area (Å²) >= 11 is 3.07. The molecule has 0 saturated carbocycles. The standard InChI is InChI=1S/C11H8BrN3O4/c1-19-11(16)7-3-2-4-14(7)9-6-13-10(12)5-8(9)15(17)18/h2-6H,1H3. The monoisotopic (exact) mass is 325 g/mol. The summed E-state index contributed by atoms with van der Waals surface area (Å²) in [4.78, 5) is 26.0. The molecule has 98 valence electrons. The van der Waals surface area contributed by atoms with E-state index in [0.717, 1.165) is 0 Å². The minimum Gasteiger partial charge on any atom is -0.464 e. The molecule has 7 nitrogen and oxygen atoms in total. The van der Waals surface area contributed by atoms with Gasteiger partial charge in [-0.05, 0) is 28.1 Å². The van der Waals surface area contributed by atoms with Crippen LogP contribution < -0.4 is 0 Å². The van der Waals surface area contributed by atoms with Gasteiger partial charge < -0.3 is 9.30 Å². The highest BCUT2D eigenvalue weighted by molar-refractivity contribution is 9.10. The smallest absolute Gasteiger partial charge is 0.355 e. The van der Waals surface area contributed by atoms with Crippen molar-refractivity contribution < 1.29 is 14.5 Å². The number of rotatable bonds is 3. The lowest BCUT2D eigenvalue weighted by atomic mass is 10.3. The van der Waals surface area contributed by atoms with Gasteiger partial charge in [-0.3, -0.25) is 10.1 Å². The van der Waals surface area contributed by atoms with Crippen LogP contribution in [-0.4, -0.2) is 27.6 Å². The lowest BCUT2D eigenvalue weighted by Gasteiger charge is -2.08. The number of halogens is 1. The Morgan fingerprint density at radius 2 is 2.32 bits per heavy atom. The highest BCUT2D eigenvalue weighted by atomic mass is 79.9. The van der Waals surface area contributed by atoms with Crippen LogP contribution in [0.5, 0.6) is 0 Å². The van der Waals surface area contributed by atoms with E-state index in [9.17, 15) is 14.9 Å². The normalized spacial score (nSPS) is 10.2. The molecular formula is C11H8BrN3O4. The van der Waals surface area contributed by atoms with Gasteiger partial charge in [0, 0.05) is 6.20 Å². The molecule has 2 aromatic heterocycles. The Bertz CT molecular complexity index is 653. The zero-order valence-electron chi connectivity index (χ0n) is 9.74. The van der Waals surface area contributed by atoms with Gasteiger partial charge in [0.1, 0.15) is 16.0 Å². The molecule has 0 radical (unpaired) electrons. The first-order chi connectivity index (χ1) is 9.04. The van der Waals surface area contributed by atoms with Crippen LogP contribution >= 0.6 is 15.9 Å². The predicted molar refractivity (Wildman–Crippen MR) is 69.3 cm³/mol. The Hall–Kier alpha value is -2.22. The number of ether oxygens (including phenoxy) is 1. The third kappa shape index (κ3) is 2.48. The van der Waals surface area contributed by atoms with Gasteiger partial charge in [0.25, 0.3) is 5.69 Å². The molecule has 8 heteroatoms. The van der Waals surface area contributed by atoms with Crippen molar-refractivity contribution in [1.82, 2.24) is 9.55 Å². The molecule has 0 bridgehead atoms. The lowest BCUT2D eigenvalue weighted by Crippen LogP contribution is -2.10. The van der Waals surface area contributed by atoms with Crippen molar-refractivity contribution in [3.63, 3.8) is 0 Å². The number of nitrogens with zero attached hydrogens (tertiary/aromatic N) is 3. The van der Waals surface area contributed by atoms with Gasteiger partial charge >= 0.3 is 5.97 Å². The second kappa shape index (κ2) is 5.19. The molecule has 19 heavy (non-hydrogen) atoms. The molecule has 0 spiro atoms. The Balaban J connectivity index is 2.63. The quantitative estimate of drug-likeness (QED) is 0.374. The van der Waals surface area contributed by atoms with E-state index in [2.05, 4.69) is 25.7 Å². The van der Waals surface area contributed by atoms with Crippen LogP contribution in [0.1, 0.15) is 10.5 Å². The van der Waals surface area contributed by atoms with Crippen LogP contribution in [0.25, 0.3) is 5.69 Å². The molecule has 2 aromatic rings. The first-order valence-electron chi connectivity index (χ1n) is 5.10. The third-order valence-corrected chi connectivity index (χ3v) is 2.86. The van der Waals surface area contributed by atoms with Crippen LogP contribution in [0.15, 0.2) is 35.2 Å². The highest BCUT2D eigenvalue weighted by Crippen LogP contribution is 2.26. The van der Waals surface area contributed by atoms with E-state index in [-0.39, 0.29) is 17.1 Å². The number of hydrogen-bond acceptors (Lipinski definition) is 5. The molecule has 0 fully saturated rings. The molecule has 0 amide bonds. The molecule has 2 rings (SSSR count). The Morgan fingerprint density at radius 3 is 2.95 bits per heavy atom. The van der Waals surface area contributed by atoms with Gasteiger partial charge in [0.05, 0.1) is 24.3 Å². The van der Waals surface area contributed by atoms with E-state index in [1.165, 1.54) is 36.2 Å². The van der Waals surface area contributed by atoms with Crippen molar-refractivity contribution in [1.29, 1.82) is 0 Å². The molecule has 0 unspecified atom stereocenters. The molecule has 0 saturated heterocycles. The number of hydrogen-bond donors (Lipinski definition) is 0. The molecule has 0 atom stereocenters. The van der Waals surface area contributed by atoms with E-state index in [1.54, 1.807) is 6.07 Å². The summed E-state index contributed by atoms with van der Waals surface area (Å²) in [5.41, 5.74) is 0.219. The van der Waals surface area contributed by atoms with E-state index in [0.29, 0.717) is 4.60 Å². The fourth-order valence-corrected chi connectivity index (χ4v) is 1.93. The number of aromatic nitrogens is 2. The summed E-state index contributed by atoms with van der Waals surface area (Å²) in [6.07, 6.45) is 2.85. The maximum atomic E-state index is 11.6. The van der Waals surface area contributed by atoms with Gasteiger partial charge in [-0.2, -0.15) is 0 Å². The zero-order chi connectivity index (χ0) is 14.0. The second-order valence-electron chi connectivity index (χ2n) is 3.51. The minimum absolute atomic E-state index is 0.164. The van der Waals surface area contributed by atoms with E-state index in [4.69, 9.17) is 0 Å². The minimum atomic E-state index is -0.581. The number of carbonyl (C=O) groups excluding carboxylic acids is 1. The van der Waals surface area contributed by atoms with E-state index < -0.39 is 10.9 Å². The summed E-state index contributed by atoms with van der Waals surface area (Å²) in [5, 5.41) is 11.0. The number of carbonyl (C=O) groups is 1. The zero-order valence-corrected chi connectivity index (χ0v) is 11.3. The van der Waals surface area contributed by atoms with Crippen LogP contribution in [0, 0.1) is 10.1 Å². The number of methoxy groups -OCH3 is 1. The molecule has 0 aliphatic heterocycles. The molecule has 0 aromatic carbocycles. The Kier molecular flexibility index (Phi) is 3.61. The van der Waals surface area contributed by atoms with Gasteiger partial charge in [0.2, 0.25) is 0 Å². The van der Waals surface area contributed by atoms with Crippen LogP contribution in [0.4, 0.5) is 5.69 Å². The number of nitro groups is 1. The largest absolute Gasteiger partial charge is 0.464 e. The average Bonchev–Trinajstić information content (AvgIpc) is 2.86. The van der Waals surface area contributed by atoms with Gasteiger partial charge in [-0.25, -0.2) is 9.78 Å². The summed E-state index contributed by atoms with van der Waals surface area (Å²) in [5.74, 6) is -0.581. The molecular weight excluding hydrogens is 318 g/mol. The van der Waals surface area contributed by atoms with Crippen molar-refractivity contribution in [2.24, 2.45) is 0 Å². The second-order valence-corrected chi connectivity index (χ2v) is 4.32.